The fourth-order valence-electron chi connectivity index (χ4n) is 5.14. The highest BCUT2D eigenvalue weighted by atomic mass is 16.5. The fourth-order valence-corrected chi connectivity index (χ4v) is 5.14. The van der Waals surface area contributed by atoms with Gasteiger partial charge in [0.2, 0.25) is 5.76 Å². The molecule has 2 heterocycles. The van der Waals surface area contributed by atoms with Crippen molar-refractivity contribution in [3.8, 4) is 11.5 Å². The van der Waals surface area contributed by atoms with E-state index < -0.39 is 6.04 Å². The first-order chi connectivity index (χ1) is 18.3. The number of fused-ring (bicyclic) bond motifs is 2. The number of ether oxygens (including phenoxy) is 2. The van der Waals surface area contributed by atoms with E-state index in [0.717, 1.165) is 28.7 Å². The van der Waals surface area contributed by atoms with Gasteiger partial charge in [0.15, 0.2) is 16.9 Å². The molecule has 196 valence electrons. The van der Waals surface area contributed by atoms with Crippen LogP contribution in [0.1, 0.15) is 64.7 Å². The second-order valence-corrected chi connectivity index (χ2v) is 10.4. The van der Waals surface area contributed by atoms with Crippen LogP contribution in [0.3, 0.4) is 0 Å². The average molecular weight is 512 g/mol. The van der Waals surface area contributed by atoms with E-state index in [-0.39, 0.29) is 17.1 Å². The summed E-state index contributed by atoms with van der Waals surface area (Å²) >= 11 is 0. The SMILES string of the molecule is COc1cc(C2c3c(oc4c(C)cc(C)cc4c3=O)C(=O)N2Cc2ccccc2)ccc1OCCC(C)C. The van der Waals surface area contributed by atoms with Gasteiger partial charge in [0.25, 0.3) is 5.91 Å². The van der Waals surface area contributed by atoms with Gasteiger partial charge in [-0.05, 0) is 66.6 Å². The fraction of sp³-hybridized carbons (Fsp3) is 0.312. The summed E-state index contributed by atoms with van der Waals surface area (Å²) < 4.78 is 17.9. The summed E-state index contributed by atoms with van der Waals surface area (Å²) in [7, 11) is 1.59. The van der Waals surface area contributed by atoms with Crippen molar-refractivity contribution in [2.75, 3.05) is 13.7 Å². The molecule has 1 aliphatic heterocycles. The third-order valence-corrected chi connectivity index (χ3v) is 7.05. The molecule has 6 heteroatoms. The molecule has 0 spiro atoms. The zero-order valence-corrected chi connectivity index (χ0v) is 22.5. The summed E-state index contributed by atoms with van der Waals surface area (Å²) in [6.45, 7) is 9.05. The number of carbonyl (C=O) groups is 1. The molecule has 4 aromatic rings. The van der Waals surface area contributed by atoms with E-state index in [0.29, 0.717) is 47.1 Å². The molecule has 1 atom stereocenters. The van der Waals surface area contributed by atoms with Gasteiger partial charge in [-0.3, -0.25) is 9.59 Å². The van der Waals surface area contributed by atoms with Crippen LogP contribution in [0.5, 0.6) is 11.5 Å². The Kier molecular flexibility index (Phi) is 6.98. The monoisotopic (exact) mass is 511 g/mol. The number of amides is 1. The molecular formula is C32H33NO5. The van der Waals surface area contributed by atoms with E-state index in [4.69, 9.17) is 13.9 Å². The van der Waals surface area contributed by atoms with Gasteiger partial charge in [-0.15, -0.1) is 0 Å². The highest BCUT2D eigenvalue weighted by molar-refractivity contribution is 5.99. The van der Waals surface area contributed by atoms with E-state index in [1.54, 1.807) is 12.0 Å². The van der Waals surface area contributed by atoms with E-state index >= 15 is 0 Å². The summed E-state index contributed by atoms with van der Waals surface area (Å²) in [6, 6.07) is 18.5. The van der Waals surface area contributed by atoms with Crippen LogP contribution in [0, 0.1) is 19.8 Å². The van der Waals surface area contributed by atoms with Crippen LogP contribution in [0.4, 0.5) is 0 Å². The Morgan fingerprint density at radius 2 is 1.74 bits per heavy atom. The van der Waals surface area contributed by atoms with Gasteiger partial charge in [0.1, 0.15) is 5.58 Å². The van der Waals surface area contributed by atoms with Crippen LogP contribution in [0.25, 0.3) is 11.0 Å². The van der Waals surface area contributed by atoms with Crippen LogP contribution < -0.4 is 14.9 Å². The average Bonchev–Trinajstić information content (AvgIpc) is 3.17. The van der Waals surface area contributed by atoms with Crippen molar-refractivity contribution in [1.82, 2.24) is 4.90 Å². The number of carbonyl (C=O) groups excluding carboxylic acids is 1. The Balaban J connectivity index is 1.66. The summed E-state index contributed by atoms with van der Waals surface area (Å²) in [5, 5.41) is 0.487. The molecule has 38 heavy (non-hydrogen) atoms. The Morgan fingerprint density at radius 3 is 2.45 bits per heavy atom. The van der Waals surface area contributed by atoms with Gasteiger partial charge in [0.05, 0.1) is 30.7 Å². The van der Waals surface area contributed by atoms with E-state index in [9.17, 15) is 9.59 Å². The Morgan fingerprint density at radius 1 is 0.974 bits per heavy atom. The van der Waals surface area contributed by atoms with Crippen LogP contribution in [0.2, 0.25) is 0 Å². The van der Waals surface area contributed by atoms with Crippen molar-refractivity contribution in [3.05, 3.63) is 104 Å². The second-order valence-electron chi connectivity index (χ2n) is 10.4. The normalized spacial score (nSPS) is 14.8. The Bertz CT molecular complexity index is 1550. The number of hydrogen-bond donors (Lipinski definition) is 0. The van der Waals surface area contributed by atoms with Crippen molar-refractivity contribution >= 4 is 16.9 Å². The minimum atomic E-state index is -0.627. The van der Waals surface area contributed by atoms with Crippen molar-refractivity contribution < 1.29 is 18.7 Å². The smallest absolute Gasteiger partial charge is 0.291 e. The molecular weight excluding hydrogens is 478 g/mol. The predicted molar refractivity (Wildman–Crippen MR) is 148 cm³/mol. The molecule has 0 N–H and O–H groups in total. The number of nitrogens with zero attached hydrogens (tertiary/aromatic N) is 1. The molecule has 1 amide bonds. The van der Waals surface area contributed by atoms with Gasteiger partial charge in [0, 0.05) is 6.54 Å². The maximum Gasteiger partial charge on any atom is 0.291 e. The van der Waals surface area contributed by atoms with Crippen molar-refractivity contribution in [3.63, 3.8) is 0 Å². The van der Waals surface area contributed by atoms with Crippen molar-refractivity contribution in [2.24, 2.45) is 5.92 Å². The summed E-state index contributed by atoms with van der Waals surface area (Å²) in [5.41, 5.74) is 4.15. The third kappa shape index (κ3) is 4.67. The van der Waals surface area contributed by atoms with Crippen LogP contribution in [0.15, 0.2) is 69.9 Å². The molecule has 0 aliphatic carbocycles. The lowest BCUT2D eigenvalue weighted by molar-refractivity contribution is 0.0714. The molecule has 0 saturated heterocycles. The van der Waals surface area contributed by atoms with E-state index in [1.807, 2.05) is 74.5 Å². The second kappa shape index (κ2) is 10.4. The number of benzene rings is 3. The minimum Gasteiger partial charge on any atom is -0.493 e. The molecule has 1 aliphatic rings. The lowest BCUT2D eigenvalue weighted by Crippen LogP contribution is -2.29. The molecule has 6 nitrogen and oxygen atoms in total. The maximum absolute atomic E-state index is 14.0. The predicted octanol–water partition coefficient (Wildman–Crippen LogP) is 6.59. The first kappa shape index (κ1) is 25.6. The standard InChI is InChI=1S/C32H33NO5/c1-19(2)13-14-37-25-12-11-23(17-26(25)36-5)28-27-29(34)24-16-20(3)15-21(4)30(24)38-31(27)32(35)33(28)18-22-9-7-6-8-10-22/h6-12,15-17,19,28H,13-14,18H2,1-5H3. The quantitative estimate of drug-likeness (QED) is 0.267. The van der Waals surface area contributed by atoms with E-state index in [1.165, 1.54) is 0 Å². The number of aryl methyl sites for hydroxylation is 2. The summed E-state index contributed by atoms with van der Waals surface area (Å²) in [5.74, 6) is 1.52. The van der Waals surface area contributed by atoms with Crippen LogP contribution in [-0.2, 0) is 6.54 Å². The van der Waals surface area contributed by atoms with Crippen molar-refractivity contribution in [1.29, 1.82) is 0 Å². The van der Waals surface area contributed by atoms with Crippen molar-refractivity contribution in [2.45, 2.75) is 46.7 Å². The Hall–Kier alpha value is -4.06. The van der Waals surface area contributed by atoms with Gasteiger partial charge in [-0.25, -0.2) is 0 Å². The number of methoxy groups -OCH3 is 1. The topological polar surface area (TPSA) is 69.0 Å². The molecule has 0 radical (unpaired) electrons. The third-order valence-electron chi connectivity index (χ3n) is 7.05. The first-order valence-electron chi connectivity index (χ1n) is 13.0. The summed E-state index contributed by atoms with van der Waals surface area (Å²) in [6.07, 6.45) is 0.924. The largest absolute Gasteiger partial charge is 0.493 e. The first-order valence-corrected chi connectivity index (χ1v) is 13.0. The maximum atomic E-state index is 14.0. The van der Waals surface area contributed by atoms with Crippen LogP contribution >= 0.6 is 0 Å². The zero-order chi connectivity index (χ0) is 27.0. The Labute approximate surface area is 222 Å². The lowest BCUT2D eigenvalue weighted by Gasteiger charge is -2.26. The van der Waals surface area contributed by atoms with E-state index in [2.05, 4.69) is 13.8 Å². The molecule has 3 aromatic carbocycles. The van der Waals surface area contributed by atoms with Gasteiger partial charge in [-0.1, -0.05) is 56.3 Å². The molecule has 0 saturated carbocycles. The highest BCUT2D eigenvalue weighted by Gasteiger charge is 2.43. The zero-order valence-electron chi connectivity index (χ0n) is 22.5. The van der Waals surface area contributed by atoms with Gasteiger partial charge < -0.3 is 18.8 Å². The summed E-state index contributed by atoms with van der Waals surface area (Å²) in [4.78, 5) is 29.5. The molecule has 5 rings (SSSR count). The molecule has 1 unspecified atom stereocenters. The molecule has 1 aromatic heterocycles. The minimum absolute atomic E-state index is 0.103. The number of rotatable bonds is 8. The van der Waals surface area contributed by atoms with Gasteiger partial charge >= 0.3 is 0 Å². The molecule has 0 bridgehead atoms. The number of hydrogen-bond acceptors (Lipinski definition) is 5. The lowest BCUT2D eigenvalue weighted by atomic mass is 9.96. The molecule has 0 fully saturated rings. The van der Waals surface area contributed by atoms with Gasteiger partial charge in [-0.2, -0.15) is 0 Å². The highest BCUT2D eigenvalue weighted by Crippen LogP contribution is 2.42. The van der Waals surface area contributed by atoms with Crippen LogP contribution in [-0.4, -0.2) is 24.5 Å².